The van der Waals surface area contributed by atoms with Gasteiger partial charge in [0.1, 0.15) is 0 Å². The molecule has 0 saturated carbocycles. The molecule has 0 atom stereocenters. The average Bonchev–Trinajstić information content (AvgIpc) is 2.52. The van der Waals surface area contributed by atoms with Crippen molar-refractivity contribution in [3.05, 3.63) is 54.1 Å². The number of nitrogens with zero attached hydrogens (tertiary/aromatic N) is 1. The Morgan fingerprint density at radius 2 is 1.95 bits per heavy atom. The first-order valence-corrected chi connectivity index (χ1v) is 6.31. The number of hydrogen-bond donors (Lipinski definition) is 1. The van der Waals surface area contributed by atoms with E-state index in [1.807, 2.05) is 30.3 Å². The van der Waals surface area contributed by atoms with E-state index in [9.17, 15) is 4.79 Å². The Kier molecular flexibility index (Phi) is 4.93. The van der Waals surface area contributed by atoms with Gasteiger partial charge in [0.2, 0.25) is 0 Å². The van der Waals surface area contributed by atoms with Gasteiger partial charge in [-0.05, 0) is 35.9 Å². The molecular formula is C16H15NO4. The van der Waals surface area contributed by atoms with Gasteiger partial charge < -0.3 is 14.6 Å². The van der Waals surface area contributed by atoms with Crippen molar-refractivity contribution < 1.29 is 19.4 Å². The van der Waals surface area contributed by atoms with Crippen molar-refractivity contribution in [2.75, 3.05) is 13.7 Å². The highest BCUT2D eigenvalue weighted by molar-refractivity contribution is 5.83. The summed E-state index contributed by atoms with van der Waals surface area (Å²) in [7, 11) is 1.50. The van der Waals surface area contributed by atoms with Crippen molar-refractivity contribution in [3.8, 4) is 11.5 Å². The van der Waals surface area contributed by atoms with E-state index < -0.39 is 12.6 Å². The van der Waals surface area contributed by atoms with Crippen LogP contribution >= 0.6 is 0 Å². The number of benzene rings is 2. The van der Waals surface area contributed by atoms with E-state index in [1.165, 1.54) is 7.11 Å². The van der Waals surface area contributed by atoms with E-state index in [1.54, 1.807) is 24.4 Å². The van der Waals surface area contributed by atoms with Crippen LogP contribution in [-0.2, 0) is 4.79 Å². The van der Waals surface area contributed by atoms with Gasteiger partial charge in [0, 0.05) is 6.21 Å². The van der Waals surface area contributed by atoms with Gasteiger partial charge in [-0.1, -0.05) is 18.2 Å². The highest BCUT2D eigenvalue weighted by Crippen LogP contribution is 2.27. The first-order valence-electron chi connectivity index (χ1n) is 6.31. The number of aliphatic carboxylic acids is 1. The molecule has 2 aromatic carbocycles. The number of rotatable bonds is 6. The van der Waals surface area contributed by atoms with Gasteiger partial charge in [0.15, 0.2) is 18.1 Å². The van der Waals surface area contributed by atoms with Crippen molar-refractivity contribution >= 4 is 17.9 Å². The van der Waals surface area contributed by atoms with Crippen LogP contribution in [0.5, 0.6) is 11.5 Å². The molecule has 0 bridgehead atoms. The minimum atomic E-state index is -1.04. The average molecular weight is 285 g/mol. The first-order chi connectivity index (χ1) is 10.2. The van der Waals surface area contributed by atoms with Crippen molar-refractivity contribution in [3.63, 3.8) is 0 Å². The van der Waals surface area contributed by atoms with Crippen LogP contribution < -0.4 is 9.47 Å². The molecule has 2 rings (SSSR count). The van der Waals surface area contributed by atoms with E-state index in [0.717, 1.165) is 11.3 Å². The number of methoxy groups -OCH3 is 1. The topological polar surface area (TPSA) is 68.1 Å². The number of aliphatic imine (C=N–C) groups is 1. The maximum absolute atomic E-state index is 10.5. The van der Waals surface area contributed by atoms with Crippen LogP contribution in [0.1, 0.15) is 5.56 Å². The minimum Gasteiger partial charge on any atom is -0.493 e. The fourth-order valence-corrected chi connectivity index (χ4v) is 1.69. The summed E-state index contributed by atoms with van der Waals surface area (Å²) >= 11 is 0. The lowest BCUT2D eigenvalue weighted by atomic mass is 10.2. The van der Waals surface area contributed by atoms with Crippen LogP contribution in [0.3, 0.4) is 0 Å². The molecule has 0 aliphatic rings. The molecule has 0 radical (unpaired) electrons. The Morgan fingerprint density at radius 1 is 1.19 bits per heavy atom. The lowest BCUT2D eigenvalue weighted by molar-refractivity contribution is -0.139. The second kappa shape index (κ2) is 7.09. The molecule has 2 aromatic rings. The second-order valence-corrected chi connectivity index (χ2v) is 4.19. The molecule has 0 aliphatic heterocycles. The lowest BCUT2D eigenvalue weighted by Gasteiger charge is -2.09. The summed E-state index contributed by atoms with van der Waals surface area (Å²) in [6, 6.07) is 14.7. The van der Waals surface area contributed by atoms with Gasteiger partial charge in [0.25, 0.3) is 0 Å². The smallest absolute Gasteiger partial charge is 0.341 e. The Hall–Kier alpha value is -2.82. The molecule has 0 heterocycles. The minimum absolute atomic E-state index is 0.386. The maximum Gasteiger partial charge on any atom is 0.341 e. The highest BCUT2D eigenvalue weighted by Gasteiger charge is 2.07. The summed E-state index contributed by atoms with van der Waals surface area (Å²) in [5.74, 6) is -0.184. The van der Waals surface area contributed by atoms with Gasteiger partial charge in [-0.3, -0.25) is 4.99 Å². The van der Waals surface area contributed by atoms with E-state index in [4.69, 9.17) is 14.6 Å². The van der Waals surface area contributed by atoms with Crippen molar-refractivity contribution in [1.29, 1.82) is 0 Å². The van der Waals surface area contributed by atoms with Gasteiger partial charge in [0.05, 0.1) is 12.8 Å². The Labute approximate surface area is 122 Å². The molecule has 1 N–H and O–H groups in total. The Bertz CT molecular complexity index is 638. The second-order valence-electron chi connectivity index (χ2n) is 4.19. The molecule has 0 aromatic heterocycles. The summed E-state index contributed by atoms with van der Waals surface area (Å²) in [6.07, 6.45) is 1.71. The van der Waals surface area contributed by atoms with Crippen molar-refractivity contribution in [2.24, 2.45) is 4.99 Å². The maximum atomic E-state index is 10.5. The van der Waals surface area contributed by atoms with Gasteiger partial charge in [-0.2, -0.15) is 0 Å². The number of ether oxygens (including phenoxy) is 2. The van der Waals surface area contributed by atoms with Crippen LogP contribution in [0.4, 0.5) is 5.69 Å². The molecule has 5 heteroatoms. The fraction of sp³-hybridized carbons (Fsp3) is 0.125. The number of hydrogen-bond acceptors (Lipinski definition) is 4. The standard InChI is InChI=1S/C16H15NO4/c1-20-15-9-12(7-8-14(15)21-11-16(18)19)10-17-13-5-3-2-4-6-13/h2-10H,11H2,1H3,(H,18,19). The normalized spacial score (nSPS) is 10.5. The number of carboxylic acids is 1. The summed E-state index contributed by atoms with van der Waals surface area (Å²) in [5, 5.41) is 8.62. The van der Waals surface area contributed by atoms with E-state index in [0.29, 0.717) is 11.5 Å². The monoisotopic (exact) mass is 285 g/mol. The van der Waals surface area contributed by atoms with Gasteiger partial charge in [-0.25, -0.2) is 4.79 Å². The molecule has 0 fully saturated rings. The molecule has 0 aliphatic carbocycles. The van der Waals surface area contributed by atoms with Crippen molar-refractivity contribution in [1.82, 2.24) is 0 Å². The third-order valence-corrected chi connectivity index (χ3v) is 2.66. The van der Waals surface area contributed by atoms with Crippen LogP contribution in [0.25, 0.3) is 0 Å². The van der Waals surface area contributed by atoms with E-state index in [-0.39, 0.29) is 0 Å². The molecule has 21 heavy (non-hydrogen) atoms. The van der Waals surface area contributed by atoms with E-state index in [2.05, 4.69) is 4.99 Å². The largest absolute Gasteiger partial charge is 0.493 e. The predicted molar refractivity (Wildman–Crippen MR) is 79.8 cm³/mol. The summed E-state index contributed by atoms with van der Waals surface area (Å²) in [4.78, 5) is 14.9. The Balaban J connectivity index is 2.15. The quantitative estimate of drug-likeness (QED) is 0.829. The van der Waals surface area contributed by atoms with Crippen LogP contribution in [0, 0.1) is 0 Å². The van der Waals surface area contributed by atoms with Crippen LogP contribution in [-0.4, -0.2) is 31.0 Å². The van der Waals surface area contributed by atoms with E-state index >= 15 is 0 Å². The van der Waals surface area contributed by atoms with Gasteiger partial charge >= 0.3 is 5.97 Å². The summed E-state index contributed by atoms with van der Waals surface area (Å²) < 4.78 is 10.3. The molecule has 0 unspecified atom stereocenters. The zero-order valence-electron chi connectivity index (χ0n) is 11.5. The first kappa shape index (κ1) is 14.6. The molecule has 0 saturated heterocycles. The molecule has 0 amide bonds. The Morgan fingerprint density at radius 3 is 2.62 bits per heavy atom. The zero-order valence-corrected chi connectivity index (χ0v) is 11.5. The summed E-state index contributed by atoms with van der Waals surface area (Å²) in [5.41, 5.74) is 1.68. The van der Waals surface area contributed by atoms with Crippen LogP contribution in [0.15, 0.2) is 53.5 Å². The zero-order chi connectivity index (χ0) is 15.1. The van der Waals surface area contributed by atoms with Crippen molar-refractivity contribution in [2.45, 2.75) is 0 Å². The van der Waals surface area contributed by atoms with Gasteiger partial charge in [-0.15, -0.1) is 0 Å². The third kappa shape index (κ3) is 4.35. The number of carboxylic acid groups (broad SMARTS) is 1. The van der Waals surface area contributed by atoms with Crippen LogP contribution in [0.2, 0.25) is 0 Å². The SMILES string of the molecule is COc1cc(C=Nc2ccccc2)ccc1OCC(=O)O. The molecular weight excluding hydrogens is 270 g/mol. The number of carbonyl (C=O) groups is 1. The molecule has 108 valence electrons. The lowest BCUT2D eigenvalue weighted by Crippen LogP contribution is -2.10. The number of para-hydroxylation sites is 1. The third-order valence-electron chi connectivity index (χ3n) is 2.66. The molecule has 0 spiro atoms. The predicted octanol–water partition coefficient (Wildman–Crippen LogP) is 2.91. The highest BCUT2D eigenvalue weighted by atomic mass is 16.5. The fourth-order valence-electron chi connectivity index (χ4n) is 1.69. The molecule has 5 nitrogen and oxygen atoms in total. The summed E-state index contributed by atoms with van der Waals surface area (Å²) in [6.45, 7) is -0.409.